The van der Waals surface area contributed by atoms with Crippen molar-refractivity contribution in [3.8, 4) is 0 Å². The molecule has 0 N–H and O–H groups in total. The summed E-state index contributed by atoms with van der Waals surface area (Å²) in [6.45, 7) is 2.08. The van der Waals surface area contributed by atoms with Gasteiger partial charge in [-0.2, -0.15) is 0 Å². The zero-order valence-corrected chi connectivity index (χ0v) is 9.89. The molecule has 0 spiro atoms. The molecule has 0 bridgehead atoms. The molecule has 3 heteroatoms. The highest BCUT2D eigenvalue weighted by Gasteiger charge is 2.41. The average Bonchev–Trinajstić information content (AvgIpc) is 2.73. The highest BCUT2D eigenvalue weighted by Crippen LogP contribution is 2.37. The summed E-state index contributed by atoms with van der Waals surface area (Å²) in [5, 5.41) is 0. The van der Waals surface area contributed by atoms with Crippen molar-refractivity contribution in [1.29, 1.82) is 0 Å². The van der Waals surface area contributed by atoms with Crippen LogP contribution in [0.2, 0.25) is 0 Å². The number of hydrogen-bond donors (Lipinski definition) is 0. The highest BCUT2D eigenvalue weighted by atomic mass is 16.5. The summed E-state index contributed by atoms with van der Waals surface area (Å²) < 4.78 is 4.99. The minimum Gasteiger partial charge on any atom is -0.465 e. The topological polar surface area (TPSA) is 43.4 Å². The van der Waals surface area contributed by atoms with Gasteiger partial charge in [0.15, 0.2) is 0 Å². The van der Waals surface area contributed by atoms with Gasteiger partial charge in [0.25, 0.3) is 0 Å². The highest BCUT2D eigenvalue weighted by molar-refractivity contribution is 6.01. The van der Waals surface area contributed by atoms with Crippen molar-refractivity contribution in [3.63, 3.8) is 0 Å². The molecule has 0 heterocycles. The van der Waals surface area contributed by atoms with Crippen molar-refractivity contribution in [2.75, 3.05) is 6.61 Å². The van der Waals surface area contributed by atoms with Crippen molar-refractivity contribution in [2.45, 2.75) is 25.7 Å². The van der Waals surface area contributed by atoms with Crippen LogP contribution in [0.5, 0.6) is 0 Å². The van der Waals surface area contributed by atoms with Gasteiger partial charge in [-0.25, -0.2) is 0 Å². The van der Waals surface area contributed by atoms with E-state index >= 15 is 0 Å². The first-order valence-corrected chi connectivity index (χ1v) is 5.98. The lowest BCUT2D eigenvalue weighted by molar-refractivity contribution is -0.151. The maximum atomic E-state index is 11.8. The summed E-state index contributed by atoms with van der Waals surface area (Å²) in [6.07, 6.45) is 1.22. The van der Waals surface area contributed by atoms with Crippen LogP contribution in [0.4, 0.5) is 0 Å². The van der Waals surface area contributed by atoms with Crippen molar-refractivity contribution in [2.24, 2.45) is 5.92 Å². The molecule has 0 saturated heterocycles. The Balaban J connectivity index is 2.22. The normalized spacial score (nSPS) is 23.7. The van der Waals surface area contributed by atoms with E-state index in [1.807, 2.05) is 30.3 Å². The largest absolute Gasteiger partial charge is 0.465 e. The van der Waals surface area contributed by atoms with Gasteiger partial charge in [0.1, 0.15) is 11.7 Å². The van der Waals surface area contributed by atoms with Gasteiger partial charge in [-0.15, -0.1) is 0 Å². The fourth-order valence-corrected chi connectivity index (χ4v) is 2.43. The van der Waals surface area contributed by atoms with Crippen molar-refractivity contribution in [3.05, 3.63) is 35.9 Å². The van der Waals surface area contributed by atoms with Crippen LogP contribution < -0.4 is 0 Å². The van der Waals surface area contributed by atoms with Crippen LogP contribution in [0.1, 0.15) is 31.2 Å². The molecule has 1 aromatic rings. The van der Waals surface area contributed by atoms with Gasteiger partial charge in [-0.05, 0) is 18.9 Å². The van der Waals surface area contributed by atoms with Crippen LogP contribution in [0, 0.1) is 5.92 Å². The molecule has 0 aromatic heterocycles. The van der Waals surface area contributed by atoms with Crippen LogP contribution in [0.3, 0.4) is 0 Å². The zero-order valence-electron chi connectivity index (χ0n) is 9.89. The van der Waals surface area contributed by atoms with Gasteiger partial charge in [-0.3, -0.25) is 9.59 Å². The molecule has 2 atom stereocenters. The molecule has 1 aliphatic rings. The number of ketones is 1. The maximum Gasteiger partial charge on any atom is 0.317 e. The SMILES string of the molecule is CCOC(=O)C1C(=O)CCC1c1ccccc1. The molecule has 0 radical (unpaired) electrons. The van der Waals surface area contributed by atoms with E-state index in [1.165, 1.54) is 0 Å². The van der Waals surface area contributed by atoms with Gasteiger partial charge in [0.2, 0.25) is 0 Å². The standard InChI is InChI=1S/C14H16O3/c1-2-17-14(16)13-11(8-9-12(13)15)10-6-4-3-5-7-10/h3-7,11,13H,2,8-9H2,1H3. The van der Waals surface area contributed by atoms with E-state index in [1.54, 1.807) is 6.92 Å². The first-order chi connectivity index (χ1) is 8.24. The van der Waals surface area contributed by atoms with Crippen molar-refractivity contribution >= 4 is 11.8 Å². The summed E-state index contributed by atoms with van der Waals surface area (Å²) in [5.74, 6) is -0.971. The number of ether oxygens (including phenoxy) is 1. The Morgan fingerprint density at radius 3 is 2.71 bits per heavy atom. The fraction of sp³-hybridized carbons (Fsp3) is 0.429. The van der Waals surface area contributed by atoms with E-state index < -0.39 is 5.92 Å². The van der Waals surface area contributed by atoms with Crippen LogP contribution in [0.15, 0.2) is 30.3 Å². The summed E-state index contributed by atoms with van der Waals surface area (Å²) >= 11 is 0. The van der Waals surface area contributed by atoms with E-state index in [0.29, 0.717) is 13.0 Å². The third kappa shape index (κ3) is 2.38. The summed E-state index contributed by atoms with van der Waals surface area (Å²) in [4.78, 5) is 23.6. The predicted molar refractivity (Wildman–Crippen MR) is 63.5 cm³/mol. The van der Waals surface area contributed by atoms with Gasteiger partial charge in [0, 0.05) is 12.3 Å². The lowest BCUT2D eigenvalue weighted by atomic mass is 9.88. The Bertz CT molecular complexity index is 411. The Morgan fingerprint density at radius 1 is 1.35 bits per heavy atom. The van der Waals surface area contributed by atoms with Gasteiger partial charge >= 0.3 is 5.97 Å². The van der Waals surface area contributed by atoms with E-state index in [2.05, 4.69) is 0 Å². The Kier molecular flexibility index (Phi) is 3.57. The molecule has 2 unspecified atom stereocenters. The second-order valence-electron chi connectivity index (χ2n) is 4.25. The molecule has 0 aliphatic heterocycles. The van der Waals surface area contributed by atoms with E-state index in [0.717, 1.165) is 12.0 Å². The molecule has 1 aromatic carbocycles. The smallest absolute Gasteiger partial charge is 0.317 e. The molecule has 1 saturated carbocycles. The maximum absolute atomic E-state index is 11.8. The second-order valence-corrected chi connectivity index (χ2v) is 4.25. The number of hydrogen-bond acceptors (Lipinski definition) is 3. The quantitative estimate of drug-likeness (QED) is 0.593. The van der Waals surface area contributed by atoms with Crippen molar-refractivity contribution in [1.82, 2.24) is 0 Å². The number of esters is 1. The number of carbonyl (C=O) groups excluding carboxylic acids is 2. The Hall–Kier alpha value is -1.64. The van der Waals surface area contributed by atoms with Crippen LogP contribution in [-0.4, -0.2) is 18.4 Å². The minimum atomic E-state index is -0.600. The van der Waals surface area contributed by atoms with Gasteiger partial charge < -0.3 is 4.74 Å². The van der Waals surface area contributed by atoms with Crippen LogP contribution in [-0.2, 0) is 14.3 Å². The third-order valence-electron chi connectivity index (χ3n) is 3.22. The van der Waals surface area contributed by atoms with E-state index in [4.69, 9.17) is 4.74 Å². The third-order valence-corrected chi connectivity index (χ3v) is 3.22. The van der Waals surface area contributed by atoms with Gasteiger partial charge in [-0.1, -0.05) is 30.3 Å². The molecule has 0 amide bonds. The molecule has 1 fully saturated rings. The molecule has 17 heavy (non-hydrogen) atoms. The first kappa shape index (κ1) is 11.8. The zero-order chi connectivity index (χ0) is 12.3. The van der Waals surface area contributed by atoms with Crippen LogP contribution >= 0.6 is 0 Å². The van der Waals surface area contributed by atoms with Crippen LogP contribution in [0.25, 0.3) is 0 Å². The van der Waals surface area contributed by atoms with E-state index in [-0.39, 0.29) is 17.7 Å². The first-order valence-electron chi connectivity index (χ1n) is 5.98. The number of Topliss-reactive ketones (excluding diaryl/α,β-unsaturated/α-hetero) is 1. The lowest BCUT2D eigenvalue weighted by Gasteiger charge is -2.17. The fourth-order valence-electron chi connectivity index (χ4n) is 2.43. The Labute approximate surface area is 101 Å². The molecule has 2 rings (SSSR count). The monoisotopic (exact) mass is 232 g/mol. The minimum absolute atomic E-state index is 0.0113. The number of rotatable bonds is 3. The number of carbonyl (C=O) groups is 2. The average molecular weight is 232 g/mol. The molecule has 1 aliphatic carbocycles. The molecular formula is C14H16O3. The summed E-state index contributed by atoms with van der Waals surface area (Å²) in [5.41, 5.74) is 1.05. The molecule has 90 valence electrons. The van der Waals surface area contributed by atoms with Crippen molar-refractivity contribution < 1.29 is 14.3 Å². The Morgan fingerprint density at radius 2 is 2.06 bits per heavy atom. The predicted octanol–water partition coefficient (Wildman–Crippen LogP) is 2.31. The summed E-state index contributed by atoms with van der Waals surface area (Å²) in [7, 11) is 0. The van der Waals surface area contributed by atoms with E-state index in [9.17, 15) is 9.59 Å². The summed E-state index contributed by atoms with van der Waals surface area (Å²) in [6, 6.07) is 9.73. The number of benzene rings is 1. The molecular weight excluding hydrogens is 216 g/mol. The molecule has 3 nitrogen and oxygen atoms in total. The lowest BCUT2D eigenvalue weighted by Crippen LogP contribution is -2.26. The second kappa shape index (κ2) is 5.13. The van der Waals surface area contributed by atoms with Gasteiger partial charge in [0.05, 0.1) is 6.61 Å².